The van der Waals surface area contributed by atoms with Gasteiger partial charge in [-0.15, -0.1) is 0 Å². The predicted octanol–water partition coefficient (Wildman–Crippen LogP) is 2.27. The molecule has 2 rings (SSSR count). The van der Waals surface area contributed by atoms with Crippen molar-refractivity contribution in [2.24, 2.45) is 5.73 Å². The molecule has 1 fully saturated rings. The first-order valence-corrected chi connectivity index (χ1v) is 6.46. The molecule has 1 aromatic rings. The molecule has 3 nitrogen and oxygen atoms in total. The lowest BCUT2D eigenvalue weighted by molar-refractivity contribution is 0.0894. The average Bonchev–Trinajstić information content (AvgIpc) is 2.83. The Balaban J connectivity index is 2.28. The Kier molecular flexibility index (Phi) is 3.85. The maximum absolute atomic E-state index is 13.9. The number of hydrogen-bond acceptors (Lipinski definition) is 2. The second kappa shape index (κ2) is 5.25. The molecule has 0 aliphatic heterocycles. The van der Waals surface area contributed by atoms with E-state index in [1.165, 1.54) is 13.0 Å². The van der Waals surface area contributed by atoms with E-state index in [4.69, 9.17) is 5.73 Å². The third-order valence-corrected chi connectivity index (χ3v) is 3.84. The molecule has 0 atom stereocenters. The van der Waals surface area contributed by atoms with E-state index < -0.39 is 28.6 Å². The van der Waals surface area contributed by atoms with Gasteiger partial charge in [-0.3, -0.25) is 4.79 Å². The van der Waals surface area contributed by atoms with Gasteiger partial charge in [-0.25, -0.2) is 8.78 Å². The molecule has 3 N–H and O–H groups in total. The summed E-state index contributed by atoms with van der Waals surface area (Å²) < 4.78 is 27.5. The van der Waals surface area contributed by atoms with Crippen molar-refractivity contribution in [3.8, 4) is 0 Å². The van der Waals surface area contributed by atoms with E-state index >= 15 is 0 Å². The van der Waals surface area contributed by atoms with Crippen molar-refractivity contribution < 1.29 is 13.6 Å². The molecule has 104 valence electrons. The third-order valence-electron chi connectivity index (χ3n) is 3.84. The molecule has 1 saturated carbocycles. The van der Waals surface area contributed by atoms with Crippen molar-refractivity contribution in [2.75, 3.05) is 6.54 Å². The van der Waals surface area contributed by atoms with E-state index in [-0.39, 0.29) is 12.1 Å². The van der Waals surface area contributed by atoms with Gasteiger partial charge in [-0.1, -0.05) is 18.9 Å². The number of aryl methyl sites for hydroxylation is 1. The summed E-state index contributed by atoms with van der Waals surface area (Å²) in [6, 6.07) is 2.42. The predicted molar refractivity (Wildman–Crippen MR) is 68.8 cm³/mol. The molecule has 0 spiro atoms. The maximum atomic E-state index is 13.9. The smallest absolute Gasteiger partial charge is 0.257 e. The van der Waals surface area contributed by atoms with Gasteiger partial charge in [0.25, 0.3) is 5.91 Å². The molecule has 1 aliphatic carbocycles. The van der Waals surface area contributed by atoms with Crippen LogP contribution >= 0.6 is 0 Å². The largest absolute Gasteiger partial charge is 0.345 e. The van der Waals surface area contributed by atoms with Gasteiger partial charge in [0.15, 0.2) is 0 Å². The number of halogens is 2. The van der Waals surface area contributed by atoms with Gasteiger partial charge in [0.1, 0.15) is 17.2 Å². The van der Waals surface area contributed by atoms with E-state index in [1.807, 2.05) is 0 Å². The molecule has 5 heteroatoms. The maximum Gasteiger partial charge on any atom is 0.257 e. The van der Waals surface area contributed by atoms with E-state index in [0.29, 0.717) is 0 Å². The van der Waals surface area contributed by atoms with Crippen molar-refractivity contribution in [1.82, 2.24) is 5.32 Å². The zero-order valence-corrected chi connectivity index (χ0v) is 10.9. The Labute approximate surface area is 111 Å². The summed E-state index contributed by atoms with van der Waals surface area (Å²) >= 11 is 0. The van der Waals surface area contributed by atoms with Crippen molar-refractivity contribution in [3.05, 3.63) is 34.9 Å². The highest BCUT2D eigenvalue weighted by molar-refractivity contribution is 5.95. The first-order chi connectivity index (χ1) is 8.99. The number of carbonyl (C=O) groups excluding carboxylic acids is 1. The number of rotatable bonds is 3. The number of nitrogens with two attached hydrogens (primary N) is 1. The van der Waals surface area contributed by atoms with Crippen LogP contribution in [0.3, 0.4) is 0 Å². The van der Waals surface area contributed by atoms with Gasteiger partial charge in [-0.2, -0.15) is 0 Å². The average molecular weight is 268 g/mol. The number of nitrogens with one attached hydrogen (secondary N) is 1. The lowest BCUT2D eigenvalue weighted by atomic mass is 9.97. The molecule has 0 unspecified atom stereocenters. The quantitative estimate of drug-likeness (QED) is 0.883. The van der Waals surface area contributed by atoms with Crippen LogP contribution in [-0.2, 0) is 0 Å². The molecular weight excluding hydrogens is 250 g/mol. The minimum absolute atomic E-state index is 0.250. The minimum Gasteiger partial charge on any atom is -0.345 e. The van der Waals surface area contributed by atoms with Gasteiger partial charge >= 0.3 is 0 Å². The standard InChI is InChI=1S/C14H18F2N2O/c1-9-4-5-10(15)11(12(9)16)13(19)18-14(8-17)6-2-3-7-14/h4-5H,2-3,6-8,17H2,1H3,(H,18,19). The lowest BCUT2D eigenvalue weighted by Gasteiger charge is -2.28. The fraction of sp³-hybridized carbons (Fsp3) is 0.500. The van der Waals surface area contributed by atoms with E-state index in [9.17, 15) is 13.6 Å². The first-order valence-electron chi connectivity index (χ1n) is 6.46. The Morgan fingerprint density at radius 2 is 2.00 bits per heavy atom. The lowest BCUT2D eigenvalue weighted by Crippen LogP contribution is -2.52. The molecule has 1 aliphatic rings. The Morgan fingerprint density at radius 3 is 2.58 bits per heavy atom. The second-order valence-corrected chi connectivity index (χ2v) is 5.20. The highest BCUT2D eigenvalue weighted by atomic mass is 19.1. The van der Waals surface area contributed by atoms with Crippen LogP contribution in [-0.4, -0.2) is 18.0 Å². The topological polar surface area (TPSA) is 55.1 Å². The summed E-state index contributed by atoms with van der Waals surface area (Å²) in [6.45, 7) is 1.79. The second-order valence-electron chi connectivity index (χ2n) is 5.20. The first kappa shape index (κ1) is 13.9. The van der Waals surface area contributed by atoms with E-state index in [2.05, 4.69) is 5.32 Å². The summed E-state index contributed by atoms with van der Waals surface area (Å²) in [5, 5.41) is 2.72. The normalized spacial score (nSPS) is 17.5. The van der Waals surface area contributed by atoms with Crippen LogP contribution in [0.25, 0.3) is 0 Å². The molecule has 0 bridgehead atoms. The SMILES string of the molecule is Cc1ccc(F)c(C(=O)NC2(CN)CCCC2)c1F. The zero-order chi connectivity index (χ0) is 14.0. The number of benzene rings is 1. The van der Waals surface area contributed by atoms with Gasteiger partial charge in [0.05, 0.1) is 5.54 Å². The summed E-state index contributed by atoms with van der Waals surface area (Å²) in [7, 11) is 0. The van der Waals surface area contributed by atoms with Crippen LogP contribution in [0.1, 0.15) is 41.6 Å². The molecule has 0 heterocycles. The fourth-order valence-corrected chi connectivity index (χ4v) is 2.60. The minimum atomic E-state index is -0.842. The zero-order valence-electron chi connectivity index (χ0n) is 10.9. The molecule has 19 heavy (non-hydrogen) atoms. The van der Waals surface area contributed by atoms with E-state index in [0.717, 1.165) is 31.7 Å². The molecule has 1 aromatic carbocycles. The molecule has 0 aromatic heterocycles. The van der Waals surface area contributed by atoms with Crippen LogP contribution in [0.2, 0.25) is 0 Å². The van der Waals surface area contributed by atoms with Crippen LogP contribution in [0.4, 0.5) is 8.78 Å². The van der Waals surface area contributed by atoms with Gasteiger partial charge in [-0.05, 0) is 31.4 Å². The molecular formula is C14H18F2N2O. The summed E-state index contributed by atoms with van der Waals surface area (Å²) in [6.07, 6.45) is 3.45. The Morgan fingerprint density at radius 1 is 1.37 bits per heavy atom. The summed E-state index contributed by atoms with van der Waals surface area (Å²) in [5.41, 5.74) is 4.92. The van der Waals surface area contributed by atoms with Gasteiger partial charge in [0.2, 0.25) is 0 Å². The number of amides is 1. The van der Waals surface area contributed by atoms with Crippen LogP contribution in [0, 0.1) is 18.6 Å². The van der Waals surface area contributed by atoms with Gasteiger partial charge in [0, 0.05) is 6.54 Å². The highest BCUT2D eigenvalue weighted by Gasteiger charge is 2.35. The fourth-order valence-electron chi connectivity index (χ4n) is 2.60. The summed E-state index contributed by atoms with van der Waals surface area (Å²) in [5.74, 6) is -2.36. The van der Waals surface area contributed by atoms with Crippen LogP contribution < -0.4 is 11.1 Å². The Hall–Kier alpha value is -1.49. The van der Waals surface area contributed by atoms with Crippen molar-refractivity contribution in [2.45, 2.75) is 38.1 Å². The number of carbonyl (C=O) groups is 1. The third kappa shape index (κ3) is 2.61. The molecule has 0 saturated heterocycles. The number of hydrogen-bond donors (Lipinski definition) is 2. The highest BCUT2D eigenvalue weighted by Crippen LogP contribution is 2.29. The molecule has 0 radical (unpaired) electrons. The summed E-state index contributed by atoms with van der Waals surface area (Å²) in [4.78, 5) is 12.1. The van der Waals surface area contributed by atoms with Crippen molar-refractivity contribution >= 4 is 5.91 Å². The van der Waals surface area contributed by atoms with Crippen molar-refractivity contribution in [3.63, 3.8) is 0 Å². The molecule has 1 amide bonds. The van der Waals surface area contributed by atoms with E-state index in [1.54, 1.807) is 0 Å². The van der Waals surface area contributed by atoms with Crippen molar-refractivity contribution in [1.29, 1.82) is 0 Å². The van der Waals surface area contributed by atoms with Crippen LogP contribution in [0.15, 0.2) is 12.1 Å². The monoisotopic (exact) mass is 268 g/mol. The van der Waals surface area contributed by atoms with Gasteiger partial charge < -0.3 is 11.1 Å². The Bertz CT molecular complexity index is 496. The van der Waals surface area contributed by atoms with Crippen LogP contribution in [0.5, 0.6) is 0 Å².